The van der Waals surface area contributed by atoms with Gasteiger partial charge >= 0.3 is 18.5 Å². The molecule has 1 aromatic rings. The fourth-order valence-electron chi connectivity index (χ4n) is 5.93. The summed E-state index contributed by atoms with van der Waals surface area (Å²) in [4.78, 5) is 81.9. The van der Waals surface area contributed by atoms with Crippen LogP contribution in [0.5, 0.6) is 5.75 Å². The third-order valence-corrected chi connectivity index (χ3v) is 9.21. The molecule has 3 rings (SSSR count). The van der Waals surface area contributed by atoms with E-state index in [2.05, 4.69) is 16.1 Å². The molecule has 0 spiro atoms. The van der Waals surface area contributed by atoms with E-state index in [4.69, 9.17) is 23.8 Å². The summed E-state index contributed by atoms with van der Waals surface area (Å²) in [5, 5.41) is 16.4. The number of aliphatic hydroxyl groups is 1. The van der Waals surface area contributed by atoms with Crippen molar-refractivity contribution in [3.05, 3.63) is 88.3 Å². The number of ketones is 2. The number of hydrogen-bond donors (Lipinski definition) is 4. The van der Waals surface area contributed by atoms with Crippen LogP contribution in [0.4, 0.5) is 4.79 Å². The minimum Gasteiger partial charge on any atom is -0.444 e. The lowest BCUT2D eigenvalue weighted by Gasteiger charge is -2.30. The highest BCUT2D eigenvalue weighted by Crippen LogP contribution is 2.29. The Morgan fingerprint density at radius 3 is 2.32 bits per heavy atom. The zero-order valence-electron chi connectivity index (χ0n) is 33.3. The number of hydroxylamine groups is 1. The first-order chi connectivity index (χ1) is 26.4. The number of amides is 2. The standard InChI is InChI=1S/C41H53N3O12/c1-23-17-29-35(43-40(51)54-21-27-13-15-28(16-14-27)56-39(50)41(5,6)7)31(46)20-30(37(29)48)42-38(49)24(2)11-10-12-32(52-8)34(44-55-22-45)25(3)19-26(4)36(47)33(18-23)53-9/h10-16,19-20,22-23,26,32-34,36,44,47H,17-18,21H2,1-9H3,(H,42,49)(H,43,51)/b12-10-,24-11+,25-19+/t23-,26+,32+,33?,34+,36-/m1/s1. The smallest absolute Gasteiger partial charge is 0.412 e. The van der Waals surface area contributed by atoms with E-state index >= 15 is 0 Å². The zero-order chi connectivity index (χ0) is 41.7. The Hall–Kier alpha value is -5.22. The van der Waals surface area contributed by atoms with Gasteiger partial charge in [0.1, 0.15) is 12.4 Å². The summed E-state index contributed by atoms with van der Waals surface area (Å²) in [7, 11) is 2.90. The lowest BCUT2D eigenvalue weighted by molar-refractivity contribution is -0.143. The van der Waals surface area contributed by atoms with Gasteiger partial charge in [-0.3, -0.25) is 29.3 Å². The summed E-state index contributed by atoms with van der Waals surface area (Å²) in [5.41, 5.74) is 2.71. The molecule has 15 nitrogen and oxygen atoms in total. The van der Waals surface area contributed by atoms with Crippen LogP contribution in [-0.2, 0) is 49.6 Å². The van der Waals surface area contributed by atoms with Crippen LogP contribution < -0.4 is 20.9 Å². The van der Waals surface area contributed by atoms with Crippen molar-refractivity contribution in [2.75, 3.05) is 14.2 Å². The van der Waals surface area contributed by atoms with Crippen molar-refractivity contribution in [2.24, 2.45) is 17.3 Å². The van der Waals surface area contributed by atoms with Crippen molar-refractivity contribution in [3.63, 3.8) is 0 Å². The number of alkyl carbamates (subject to hydrolysis) is 1. The highest BCUT2D eigenvalue weighted by Gasteiger charge is 2.34. The zero-order valence-corrected chi connectivity index (χ0v) is 33.3. The number of methoxy groups -OCH3 is 2. The average Bonchev–Trinajstić information content (AvgIpc) is 3.14. The minimum absolute atomic E-state index is 0.0416. The molecule has 15 heteroatoms. The second-order valence-corrected chi connectivity index (χ2v) is 14.9. The molecule has 1 aliphatic heterocycles. The van der Waals surface area contributed by atoms with E-state index < -0.39 is 71.1 Å². The van der Waals surface area contributed by atoms with Gasteiger partial charge in [0.25, 0.3) is 5.91 Å². The van der Waals surface area contributed by atoms with E-state index in [1.165, 1.54) is 27.2 Å². The van der Waals surface area contributed by atoms with Crippen LogP contribution >= 0.6 is 0 Å². The predicted molar refractivity (Wildman–Crippen MR) is 204 cm³/mol. The summed E-state index contributed by atoms with van der Waals surface area (Å²) in [6.07, 6.45) is 4.11. The summed E-state index contributed by atoms with van der Waals surface area (Å²) < 4.78 is 22.1. The molecule has 0 saturated carbocycles. The maximum absolute atomic E-state index is 14.0. The fraction of sp³-hybridized carbons (Fsp3) is 0.463. The molecule has 1 unspecified atom stereocenters. The summed E-state index contributed by atoms with van der Waals surface area (Å²) >= 11 is 0. The molecule has 2 aliphatic rings. The summed E-state index contributed by atoms with van der Waals surface area (Å²) in [6, 6.07) is 5.67. The van der Waals surface area contributed by atoms with Gasteiger partial charge in [-0.15, -0.1) is 5.48 Å². The Morgan fingerprint density at radius 1 is 1.04 bits per heavy atom. The number of allylic oxidation sites excluding steroid dienone is 4. The molecular formula is C41H53N3O12. The topological polar surface area (TPSA) is 205 Å². The van der Waals surface area contributed by atoms with E-state index in [-0.39, 0.29) is 48.5 Å². The van der Waals surface area contributed by atoms with Gasteiger partial charge in [-0.05, 0) is 71.1 Å². The van der Waals surface area contributed by atoms with Crippen LogP contribution in [0, 0.1) is 17.3 Å². The van der Waals surface area contributed by atoms with Gasteiger partial charge in [-0.25, -0.2) is 4.79 Å². The number of carbonyl (C=O) groups excluding carboxylic acids is 6. The van der Waals surface area contributed by atoms with Gasteiger partial charge in [0.05, 0.1) is 41.2 Å². The van der Waals surface area contributed by atoms with Gasteiger partial charge < -0.3 is 34.2 Å². The molecule has 304 valence electrons. The molecule has 0 radical (unpaired) electrons. The van der Waals surface area contributed by atoms with Gasteiger partial charge in [0.15, 0.2) is 0 Å². The first-order valence-corrected chi connectivity index (χ1v) is 18.1. The molecular weight excluding hydrogens is 726 g/mol. The van der Waals surface area contributed by atoms with Crippen molar-refractivity contribution in [3.8, 4) is 5.75 Å². The Morgan fingerprint density at radius 2 is 1.71 bits per heavy atom. The number of aliphatic hydroxyl groups excluding tert-OH is 1. The fourth-order valence-corrected chi connectivity index (χ4v) is 5.93. The van der Waals surface area contributed by atoms with Gasteiger partial charge in [-0.1, -0.05) is 55.9 Å². The van der Waals surface area contributed by atoms with Crippen LogP contribution in [0.1, 0.15) is 66.9 Å². The second-order valence-electron chi connectivity index (χ2n) is 14.9. The van der Waals surface area contributed by atoms with Crippen LogP contribution in [0.2, 0.25) is 0 Å². The van der Waals surface area contributed by atoms with Gasteiger partial charge in [-0.2, -0.15) is 0 Å². The third-order valence-electron chi connectivity index (χ3n) is 9.21. The minimum atomic E-state index is -1.03. The van der Waals surface area contributed by atoms with Gasteiger partial charge in [0.2, 0.25) is 11.6 Å². The number of esters is 1. The van der Waals surface area contributed by atoms with Crippen LogP contribution in [-0.4, -0.2) is 79.7 Å². The van der Waals surface area contributed by atoms with Crippen molar-refractivity contribution >= 4 is 36.0 Å². The van der Waals surface area contributed by atoms with Crippen LogP contribution in [0.3, 0.4) is 0 Å². The quantitative estimate of drug-likeness (QED) is 0.0693. The van der Waals surface area contributed by atoms with E-state index in [1.54, 1.807) is 84.0 Å². The molecule has 0 aromatic heterocycles. The Kier molecular flexibility index (Phi) is 16.6. The highest BCUT2D eigenvalue weighted by molar-refractivity contribution is 6.24. The van der Waals surface area contributed by atoms with E-state index in [1.807, 2.05) is 0 Å². The molecule has 2 bridgehead atoms. The van der Waals surface area contributed by atoms with E-state index in [9.17, 15) is 33.9 Å². The van der Waals surface area contributed by atoms with Gasteiger partial charge in [0, 0.05) is 37.4 Å². The largest absolute Gasteiger partial charge is 0.444 e. The lowest BCUT2D eigenvalue weighted by atomic mass is 9.85. The summed E-state index contributed by atoms with van der Waals surface area (Å²) in [5.74, 6) is -3.06. The molecule has 1 heterocycles. The number of nitrogens with one attached hydrogen (secondary N) is 3. The van der Waals surface area contributed by atoms with Crippen molar-refractivity contribution in [1.29, 1.82) is 0 Å². The van der Waals surface area contributed by atoms with Crippen molar-refractivity contribution in [1.82, 2.24) is 16.1 Å². The molecule has 1 aromatic carbocycles. The SMILES string of the molecule is COC1C[C@H](C)CC2=C(NC(=O)OCc3ccc(OC(=O)C(C)(C)C)cc3)C(=O)C=C(NC(=O)/C(C)=C/C=C\[C@H](OC)[C@@H](NOC=O)/C(C)=C/[C@H](C)[C@H]1O)C2=O. The van der Waals surface area contributed by atoms with E-state index in [0.717, 1.165) is 6.08 Å². The first kappa shape index (κ1) is 45.2. The molecule has 56 heavy (non-hydrogen) atoms. The number of carbonyl (C=O) groups is 6. The number of benzene rings is 1. The van der Waals surface area contributed by atoms with E-state index in [0.29, 0.717) is 16.9 Å². The monoisotopic (exact) mass is 779 g/mol. The number of hydrogen-bond acceptors (Lipinski definition) is 13. The number of Topliss-reactive ketones (excluding diaryl/α,β-unsaturated/α-hetero) is 1. The Bertz CT molecular complexity index is 1780. The summed E-state index contributed by atoms with van der Waals surface area (Å²) in [6.45, 7) is 12.1. The maximum Gasteiger partial charge on any atom is 0.412 e. The number of rotatable bonds is 9. The lowest BCUT2D eigenvalue weighted by Crippen LogP contribution is -2.41. The highest BCUT2D eigenvalue weighted by atomic mass is 16.7. The van der Waals surface area contributed by atoms with Crippen molar-refractivity contribution in [2.45, 2.75) is 92.3 Å². The van der Waals surface area contributed by atoms with Crippen LogP contribution in [0.25, 0.3) is 0 Å². The third kappa shape index (κ3) is 12.7. The maximum atomic E-state index is 14.0. The van der Waals surface area contributed by atoms with Crippen LogP contribution in [0.15, 0.2) is 82.8 Å². The first-order valence-electron chi connectivity index (χ1n) is 18.1. The Labute approximate surface area is 327 Å². The molecule has 0 fully saturated rings. The second kappa shape index (κ2) is 20.6. The normalized spacial score (nSPS) is 26.8. The van der Waals surface area contributed by atoms with Crippen molar-refractivity contribution < 1.29 is 57.7 Å². The number of ether oxygens (including phenoxy) is 4. The average molecular weight is 780 g/mol. The predicted octanol–water partition coefficient (Wildman–Crippen LogP) is 4.22. The Balaban J connectivity index is 1.93. The molecule has 6 atom stereocenters. The molecule has 4 N–H and O–H groups in total. The molecule has 0 saturated heterocycles. The molecule has 2 amide bonds. The molecule has 1 aliphatic carbocycles. The number of fused-ring (bicyclic) bond motifs is 2.